The number of nitrogens with one attached hydrogen (secondary N) is 1. The van der Waals surface area contributed by atoms with E-state index in [1.165, 1.54) is 0 Å². The molecule has 1 aromatic carbocycles. The molecule has 1 aromatic rings. The van der Waals surface area contributed by atoms with Crippen molar-refractivity contribution in [2.75, 3.05) is 33.5 Å². The van der Waals surface area contributed by atoms with Crippen molar-refractivity contribution >= 4 is 0 Å². The van der Waals surface area contributed by atoms with Crippen LogP contribution in [0.4, 0.5) is 0 Å². The van der Waals surface area contributed by atoms with Crippen LogP contribution in [0.25, 0.3) is 0 Å². The smallest absolute Gasteiger partial charge is 0.122 e. The van der Waals surface area contributed by atoms with Crippen LogP contribution in [-0.2, 0) is 4.74 Å². The summed E-state index contributed by atoms with van der Waals surface area (Å²) in [6.07, 6.45) is -0.634. The van der Waals surface area contributed by atoms with Crippen LogP contribution in [0.2, 0.25) is 0 Å². The number of rotatable bonds is 9. The number of aryl methyl sites for hydroxylation is 1. The first kappa shape index (κ1) is 15.9. The quantitative estimate of drug-likeness (QED) is 0.603. The molecule has 0 aliphatic carbocycles. The highest BCUT2D eigenvalue weighted by Gasteiger charge is 2.11. The zero-order valence-electron chi connectivity index (χ0n) is 11.5. The maximum atomic E-state index is 9.80. The summed E-state index contributed by atoms with van der Waals surface area (Å²) in [4.78, 5) is 0. The van der Waals surface area contributed by atoms with Crippen molar-refractivity contribution in [1.82, 2.24) is 5.32 Å². The number of ether oxygens (including phenoxy) is 2. The maximum absolute atomic E-state index is 9.80. The van der Waals surface area contributed by atoms with E-state index in [2.05, 4.69) is 5.32 Å². The first-order valence-corrected chi connectivity index (χ1v) is 6.37. The summed E-state index contributed by atoms with van der Waals surface area (Å²) in [6.45, 7) is 2.89. The summed E-state index contributed by atoms with van der Waals surface area (Å²) in [6, 6.07) is 7.50. The third-order valence-corrected chi connectivity index (χ3v) is 2.76. The van der Waals surface area contributed by atoms with Crippen LogP contribution in [0.1, 0.15) is 5.56 Å². The van der Waals surface area contributed by atoms with Gasteiger partial charge in [-0.25, -0.2) is 0 Å². The zero-order valence-corrected chi connectivity index (χ0v) is 11.5. The van der Waals surface area contributed by atoms with Gasteiger partial charge >= 0.3 is 0 Å². The second-order valence-corrected chi connectivity index (χ2v) is 4.47. The van der Waals surface area contributed by atoms with Gasteiger partial charge in [-0.1, -0.05) is 18.2 Å². The lowest BCUT2D eigenvalue weighted by molar-refractivity contribution is 0.0852. The lowest BCUT2D eigenvalue weighted by Crippen LogP contribution is -2.42. The van der Waals surface area contributed by atoms with Gasteiger partial charge in [-0.3, -0.25) is 0 Å². The number of methoxy groups -OCH3 is 1. The molecule has 108 valence electrons. The normalized spacial score (nSPS) is 14.1. The van der Waals surface area contributed by atoms with E-state index in [0.29, 0.717) is 13.2 Å². The topological polar surface area (TPSA) is 71.0 Å². The number of hydrogen-bond donors (Lipinski definition) is 3. The van der Waals surface area contributed by atoms with Gasteiger partial charge in [0.1, 0.15) is 18.5 Å². The SMILES string of the molecule is COCC(CO)NCC(O)COc1ccccc1C. The van der Waals surface area contributed by atoms with Gasteiger partial charge in [0.2, 0.25) is 0 Å². The first-order chi connectivity index (χ1) is 9.17. The molecule has 0 heterocycles. The Labute approximate surface area is 114 Å². The minimum Gasteiger partial charge on any atom is -0.491 e. The van der Waals surface area contributed by atoms with Gasteiger partial charge in [-0.2, -0.15) is 0 Å². The van der Waals surface area contributed by atoms with Gasteiger partial charge in [-0.15, -0.1) is 0 Å². The Balaban J connectivity index is 2.28. The molecule has 0 bridgehead atoms. The molecule has 1 rings (SSSR count). The Morgan fingerprint density at radius 1 is 1.26 bits per heavy atom. The molecule has 0 saturated carbocycles. The Bertz CT molecular complexity index is 359. The Hall–Kier alpha value is -1.14. The molecule has 19 heavy (non-hydrogen) atoms. The van der Waals surface area contributed by atoms with Crippen LogP contribution in [0.5, 0.6) is 5.75 Å². The first-order valence-electron chi connectivity index (χ1n) is 6.37. The average Bonchev–Trinajstić information content (AvgIpc) is 2.42. The maximum Gasteiger partial charge on any atom is 0.122 e. The fraction of sp³-hybridized carbons (Fsp3) is 0.571. The minimum absolute atomic E-state index is 0.0286. The van der Waals surface area contributed by atoms with Crippen molar-refractivity contribution in [3.05, 3.63) is 29.8 Å². The van der Waals surface area contributed by atoms with Crippen molar-refractivity contribution in [3.8, 4) is 5.75 Å². The molecule has 5 heteroatoms. The number of hydrogen-bond acceptors (Lipinski definition) is 5. The van der Waals surface area contributed by atoms with E-state index in [0.717, 1.165) is 11.3 Å². The van der Waals surface area contributed by atoms with Gasteiger partial charge in [0.15, 0.2) is 0 Å². The minimum atomic E-state index is -0.634. The van der Waals surface area contributed by atoms with Gasteiger partial charge in [0.05, 0.1) is 19.3 Å². The van der Waals surface area contributed by atoms with Crippen LogP contribution in [0.15, 0.2) is 24.3 Å². The molecular formula is C14H23NO4. The highest BCUT2D eigenvalue weighted by molar-refractivity contribution is 5.31. The van der Waals surface area contributed by atoms with Gasteiger partial charge < -0.3 is 25.0 Å². The van der Waals surface area contributed by atoms with Gasteiger partial charge in [-0.05, 0) is 18.6 Å². The van der Waals surface area contributed by atoms with Crippen LogP contribution >= 0.6 is 0 Å². The molecular weight excluding hydrogens is 246 g/mol. The lowest BCUT2D eigenvalue weighted by atomic mass is 10.2. The summed E-state index contributed by atoms with van der Waals surface area (Å²) < 4.78 is 10.5. The molecule has 3 N–H and O–H groups in total. The molecule has 0 aliphatic heterocycles. The lowest BCUT2D eigenvalue weighted by Gasteiger charge is -2.18. The monoisotopic (exact) mass is 269 g/mol. The molecule has 0 spiro atoms. The number of aliphatic hydroxyl groups excluding tert-OH is 2. The van der Waals surface area contributed by atoms with Crippen LogP contribution in [0.3, 0.4) is 0 Å². The summed E-state index contributed by atoms with van der Waals surface area (Å²) in [5.41, 5.74) is 1.04. The van der Waals surface area contributed by atoms with Crippen molar-refractivity contribution in [2.24, 2.45) is 0 Å². The highest BCUT2D eigenvalue weighted by Crippen LogP contribution is 2.16. The van der Waals surface area contributed by atoms with E-state index in [1.807, 2.05) is 31.2 Å². The largest absolute Gasteiger partial charge is 0.491 e. The molecule has 0 fully saturated rings. The third kappa shape index (κ3) is 6.02. The van der Waals surface area contributed by atoms with Crippen molar-refractivity contribution in [3.63, 3.8) is 0 Å². The fourth-order valence-corrected chi connectivity index (χ4v) is 1.64. The zero-order chi connectivity index (χ0) is 14.1. The second-order valence-electron chi connectivity index (χ2n) is 4.47. The van der Waals surface area contributed by atoms with Crippen molar-refractivity contribution in [1.29, 1.82) is 0 Å². The van der Waals surface area contributed by atoms with E-state index in [9.17, 15) is 5.11 Å². The molecule has 0 aliphatic rings. The van der Waals surface area contributed by atoms with E-state index in [1.54, 1.807) is 7.11 Å². The Kier molecular flexibility index (Phi) is 7.43. The molecule has 0 saturated heterocycles. The Morgan fingerprint density at radius 3 is 2.63 bits per heavy atom. The van der Waals surface area contributed by atoms with Crippen molar-refractivity contribution in [2.45, 2.75) is 19.1 Å². The molecule has 0 aromatic heterocycles. The Morgan fingerprint density at radius 2 is 2.00 bits per heavy atom. The summed E-state index contributed by atoms with van der Waals surface area (Å²) in [7, 11) is 1.57. The summed E-state index contributed by atoms with van der Waals surface area (Å²) in [5, 5.41) is 21.9. The van der Waals surface area contributed by atoms with Crippen molar-refractivity contribution < 1.29 is 19.7 Å². The molecule has 0 radical (unpaired) electrons. The van der Waals surface area contributed by atoms with E-state index in [4.69, 9.17) is 14.6 Å². The van der Waals surface area contributed by atoms with Crippen LogP contribution in [0, 0.1) is 6.92 Å². The molecule has 2 atom stereocenters. The number of aliphatic hydroxyl groups is 2. The summed E-state index contributed by atoms with van der Waals surface area (Å²) >= 11 is 0. The second kappa shape index (κ2) is 8.87. The van der Waals surface area contributed by atoms with Gasteiger partial charge in [0.25, 0.3) is 0 Å². The van der Waals surface area contributed by atoms with E-state index in [-0.39, 0.29) is 19.3 Å². The van der Waals surface area contributed by atoms with E-state index >= 15 is 0 Å². The van der Waals surface area contributed by atoms with E-state index < -0.39 is 6.10 Å². The van der Waals surface area contributed by atoms with Gasteiger partial charge in [0, 0.05) is 13.7 Å². The number of para-hydroxylation sites is 1. The third-order valence-electron chi connectivity index (χ3n) is 2.76. The summed E-state index contributed by atoms with van der Waals surface area (Å²) in [5.74, 6) is 0.775. The predicted octanol–water partition coefficient (Wildman–Crippen LogP) is 0.332. The number of benzene rings is 1. The average molecular weight is 269 g/mol. The fourth-order valence-electron chi connectivity index (χ4n) is 1.64. The molecule has 2 unspecified atom stereocenters. The molecule has 0 amide bonds. The van der Waals surface area contributed by atoms with Crippen LogP contribution in [-0.4, -0.2) is 55.8 Å². The molecule has 5 nitrogen and oxygen atoms in total. The predicted molar refractivity (Wildman–Crippen MR) is 73.4 cm³/mol. The van der Waals surface area contributed by atoms with Crippen LogP contribution < -0.4 is 10.1 Å². The standard InChI is InChI=1S/C14H23NO4/c1-11-5-3-4-6-14(11)19-10-13(17)7-15-12(8-16)9-18-2/h3-6,12-13,15-17H,7-10H2,1-2H3. The highest BCUT2D eigenvalue weighted by atomic mass is 16.5.